The van der Waals surface area contributed by atoms with Crippen LogP contribution in [0.15, 0.2) is 57.9 Å². The van der Waals surface area contributed by atoms with Gasteiger partial charge in [0.05, 0.1) is 17.2 Å². The molecule has 0 atom stereocenters. The number of hydrogen-bond donors (Lipinski definition) is 1. The maximum atomic E-state index is 12.0. The summed E-state index contributed by atoms with van der Waals surface area (Å²) in [5, 5.41) is 0.457. The molecular formula is C15H10N2O3. The molecule has 0 aliphatic rings. The van der Waals surface area contributed by atoms with E-state index in [1.807, 2.05) is 0 Å². The van der Waals surface area contributed by atoms with Gasteiger partial charge in [-0.15, -0.1) is 0 Å². The molecule has 3 aromatic rings. The molecule has 0 bridgehead atoms. The first-order valence-corrected chi connectivity index (χ1v) is 5.99. The van der Waals surface area contributed by atoms with Crippen molar-refractivity contribution in [3.8, 4) is 0 Å². The van der Waals surface area contributed by atoms with E-state index >= 15 is 0 Å². The van der Waals surface area contributed by atoms with Crippen LogP contribution in [-0.4, -0.2) is 15.8 Å². The maximum Gasteiger partial charge on any atom is 0.259 e. The van der Waals surface area contributed by atoms with Crippen molar-refractivity contribution in [1.82, 2.24) is 9.97 Å². The van der Waals surface area contributed by atoms with Crippen LogP contribution in [0.3, 0.4) is 0 Å². The average molecular weight is 266 g/mol. The van der Waals surface area contributed by atoms with Crippen LogP contribution in [0, 0.1) is 0 Å². The molecule has 5 nitrogen and oxygen atoms in total. The van der Waals surface area contributed by atoms with Crippen LogP contribution in [-0.2, 0) is 0 Å². The average Bonchev–Trinajstić information content (AvgIpc) is 2.98. The second-order valence-electron chi connectivity index (χ2n) is 4.14. The number of carbonyl (C=O) groups excluding carboxylic acids is 1. The highest BCUT2D eigenvalue weighted by Gasteiger charge is 2.08. The molecular weight excluding hydrogens is 256 g/mol. The van der Waals surface area contributed by atoms with Gasteiger partial charge in [-0.25, -0.2) is 4.98 Å². The zero-order valence-corrected chi connectivity index (χ0v) is 10.4. The molecule has 0 aliphatic heterocycles. The quantitative estimate of drug-likeness (QED) is 0.583. The van der Waals surface area contributed by atoms with Crippen LogP contribution in [0.1, 0.15) is 16.4 Å². The highest BCUT2D eigenvalue weighted by atomic mass is 16.3. The Morgan fingerprint density at radius 1 is 1.20 bits per heavy atom. The predicted molar refractivity (Wildman–Crippen MR) is 74.4 cm³/mol. The van der Waals surface area contributed by atoms with E-state index in [4.69, 9.17) is 4.42 Å². The highest BCUT2D eigenvalue weighted by Crippen LogP contribution is 2.07. The van der Waals surface area contributed by atoms with Gasteiger partial charge < -0.3 is 9.40 Å². The van der Waals surface area contributed by atoms with Gasteiger partial charge in [0, 0.05) is 0 Å². The van der Waals surface area contributed by atoms with Gasteiger partial charge in [-0.3, -0.25) is 9.59 Å². The van der Waals surface area contributed by atoms with Gasteiger partial charge >= 0.3 is 0 Å². The van der Waals surface area contributed by atoms with E-state index in [1.54, 1.807) is 36.4 Å². The fourth-order valence-electron chi connectivity index (χ4n) is 1.83. The SMILES string of the molecule is O=C(/C=C/c1ccco1)c1nc2ccccc2c(=O)[nH]1. The lowest BCUT2D eigenvalue weighted by atomic mass is 10.2. The largest absolute Gasteiger partial charge is 0.465 e. The molecule has 0 spiro atoms. The first kappa shape index (κ1) is 12.1. The van der Waals surface area contributed by atoms with Crippen LogP contribution in [0.25, 0.3) is 17.0 Å². The van der Waals surface area contributed by atoms with Crippen LogP contribution in [0.4, 0.5) is 0 Å². The lowest BCUT2D eigenvalue weighted by Gasteiger charge is -1.99. The molecule has 0 fully saturated rings. The zero-order chi connectivity index (χ0) is 13.9. The van der Waals surface area contributed by atoms with Crippen molar-refractivity contribution in [2.24, 2.45) is 0 Å². The Morgan fingerprint density at radius 2 is 2.05 bits per heavy atom. The second-order valence-corrected chi connectivity index (χ2v) is 4.14. The van der Waals surface area contributed by atoms with E-state index in [1.165, 1.54) is 18.4 Å². The number of aromatic amines is 1. The highest BCUT2D eigenvalue weighted by molar-refractivity contribution is 6.04. The number of fused-ring (bicyclic) bond motifs is 1. The predicted octanol–water partition coefficient (Wildman–Crippen LogP) is 2.41. The number of ketones is 1. The summed E-state index contributed by atoms with van der Waals surface area (Å²) < 4.78 is 5.08. The fourth-order valence-corrected chi connectivity index (χ4v) is 1.83. The Bertz CT molecular complexity index is 845. The van der Waals surface area contributed by atoms with Crippen molar-refractivity contribution in [3.63, 3.8) is 0 Å². The zero-order valence-electron chi connectivity index (χ0n) is 10.4. The Hall–Kier alpha value is -2.95. The van der Waals surface area contributed by atoms with Gasteiger partial charge in [0.15, 0.2) is 5.82 Å². The normalized spacial score (nSPS) is 11.2. The van der Waals surface area contributed by atoms with Crippen LogP contribution in [0.2, 0.25) is 0 Å². The number of allylic oxidation sites excluding steroid dienone is 1. The summed E-state index contributed by atoms with van der Waals surface area (Å²) >= 11 is 0. The third-order valence-corrected chi connectivity index (χ3v) is 2.79. The number of carbonyl (C=O) groups is 1. The second kappa shape index (κ2) is 4.97. The fraction of sp³-hybridized carbons (Fsp3) is 0. The third kappa shape index (κ3) is 2.29. The van der Waals surface area contributed by atoms with E-state index in [-0.39, 0.29) is 17.2 Å². The number of nitrogens with one attached hydrogen (secondary N) is 1. The number of rotatable bonds is 3. The van der Waals surface area contributed by atoms with Crippen molar-refractivity contribution < 1.29 is 9.21 Å². The van der Waals surface area contributed by atoms with E-state index < -0.39 is 0 Å². The summed E-state index contributed by atoms with van der Waals surface area (Å²) in [5.74, 6) is 0.183. The monoisotopic (exact) mass is 266 g/mol. The number of para-hydroxylation sites is 1. The van der Waals surface area contributed by atoms with Crippen LogP contribution in [0.5, 0.6) is 0 Å². The van der Waals surface area contributed by atoms with Gasteiger partial charge in [0.2, 0.25) is 5.78 Å². The summed E-state index contributed by atoms with van der Waals surface area (Å²) in [6.07, 6.45) is 4.35. The number of aromatic nitrogens is 2. The molecule has 98 valence electrons. The molecule has 0 radical (unpaired) electrons. The van der Waals surface area contributed by atoms with Crippen molar-refractivity contribution >= 4 is 22.8 Å². The molecule has 0 aliphatic carbocycles. The first-order valence-electron chi connectivity index (χ1n) is 5.99. The van der Waals surface area contributed by atoms with Gasteiger partial charge in [0.25, 0.3) is 5.56 Å². The molecule has 1 aromatic carbocycles. The van der Waals surface area contributed by atoms with Crippen LogP contribution >= 0.6 is 0 Å². The summed E-state index contributed by atoms with van der Waals surface area (Å²) in [6, 6.07) is 10.3. The topological polar surface area (TPSA) is 76.0 Å². The number of furan rings is 1. The molecule has 20 heavy (non-hydrogen) atoms. The van der Waals surface area contributed by atoms with E-state index in [0.717, 1.165) is 0 Å². The lowest BCUT2D eigenvalue weighted by Crippen LogP contribution is -2.14. The minimum absolute atomic E-state index is 0.0107. The molecule has 1 N–H and O–H groups in total. The molecule has 5 heteroatoms. The molecule has 3 rings (SSSR count). The van der Waals surface area contributed by atoms with Crippen molar-refractivity contribution in [2.45, 2.75) is 0 Å². The Morgan fingerprint density at radius 3 is 2.85 bits per heavy atom. The lowest BCUT2D eigenvalue weighted by molar-refractivity contribution is 0.103. The summed E-state index contributed by atoms with van der Waals surface area (Å²) in [6.45, 7) is 0. The molecule has 0 saturated heterocycles. The maximum absolute atomic E-state index is 12.0. The molecule has 2 aromatic heterocycles. The number of hydrogen-bond acceptors (Lipinski definition) is 4. The summed E-state index contributed by atoms with van der Waals surface area (Å²) in [7, 11) is 0. The standard InChI is InChI=1S/C15H10N2O3/c18-13(8-7-10-4-3-9-20-10)14-16-12-6-2-1-5-11(12)15(19)17-14/h1-9H,(H,16,17,19)/b8-7+. The molecule has 0 saturated carbocycles. The minimum Gasteiger partial charge on any atom is -0.465 e. The van der Waals surface area contributed by atoms with E-state index in [2.05, 4.69) is 9.97 Å². The van der Waals surface area contributed by atoms with Crippen molar-refractivity contribution in [2.75, 3.05) is 0 Å². The van der Waals surface area contributed by atoms with E-state index in [9.17, 15) is 9.59 Å². The Labute approximate surface area is 113 Å². The van der Waals surface area contributed by atoms with E-state index in [0.29, 0.717) is 16.7 Å². The van der Waals surface area contributed by atoms with Gasteiger partial charge in [0.1, 0.15) is 5.76 Å². The Balaban J connectivity index is 1.98. The number of H-pyrrole nitrogens is 1. The van der Waals surface area contributed by atoms with Crippen molar-refractivity contribution in [1.29, 1.82) is 0 Å². The third-order valence-electron chi connectivity index (χ3n) is 2.79. The number of nitrogens with zero attached hydrogens (tertiary/aromatic N) is 1. The van der Waals surface area contributed by atoms with Gasteiger partial charge in [-0.1, -0.05) is 12.1 Å². The summed E-state index contributed by atoms with van der Waals surface area (Å²) in [4.78, 5) is 30.5. The Kier molecular flexibility index (Phi) is 3.01. The molecule has 2 heterocycles. The minimum atomic E-state index is -0.385. The van der Waals surface area contributed by atoms with Crippen LogP contribution < -0.4 is 5.56 Å². The van der Waals surface area contributed by atoms with Gasteiger partial charge in [-0.2, -0.15) is 0 Å². The summed E-state index contributed by atoms with van der Waals surface area (Å²) in [5.41, 5.74) is 0.163. The number of benzene rings is 1. The first-order chi connectivity index (χ1) is 9.74. The van der Waals surface area contributed by atoms with Crippen molar-refractivity contribution in [3.05, 3.63) is 70.7 Å². The van der Waals surface area contributed by atoms with Gasteiger partial charge in [-0.05, 0) is 36.4 Å². The molecule has 0 amide bonds. The molecule has 0 unspecified atom stereocenters. The smallest absolute Gasteiger partial charge is 0.259 e.